The van der Waals surface area contributed by atoms with Gasteiger partial charge in [-0.15, -0.1) is 0 Å². The SMILES string of the molecule is COc1cc(C2(C(=O)O)CCC2)cc(C(C)(C)F)c1OC. The standard InChI is InChI=1S/C16H21FO4/c1-15(2,17)11-8-10(9-12(20-3)13(11)21-4)16(14(18)19)6-5-7-16/h8-9H,5-7H2,1-4H3,(H,18,19). The summed E-state index contributed by atoms with van der Waals surface area (Å²) in [5, 5.41) is 9.56. The molecule has 1 fully saturated rings. The number of aliphatic carboxylic acids is 1. The van der Waals surface area contributed by atoms with Crippen molar-refractivity contribution >= 4 is 5.97 Å². The van der Waals surface area contributed by atoms with Crippen molar-refractivity contribution in [2.24, 2.45) is 0 Å². The lowest BCUT2D eigenvalue weighted by atomic mass is 9.64. The fraction of sp³-hybridized carbons (Fsp3) is 0.562. The van der Waals surface area contributed by atoms with Crippen molar-refractivity contribution < 1.29 is 23.8 Å². The fourth-order valence-corrected chi connectivity index (χ4v) is 2.84. The van der Waals surface area contributed by atoms with Crippen LogP contribution in [0.4, 0.5) is 4.39 Å². The predicted octanol–water partition coefficient (Wildman–Crippen LogP) is 3.41. The number of hydrogen-bond donors (Lipinski definition) is 1. The van der Waals surface area contributed by atoms with Crippen molar-refractivity contribution in [1.29, 1.82) is 0 Å². The van der Waals surface area contributed by atoms with Gasteiger partial charge in [0.2, 0.25) is 0 Å². The number of carbonyl (C=O) groups is 1. The first-order chi connectivity index (χ1) is 9.76. The van der Waals surface area contributed by atoms with E-state index in [2.05, 4.69) is 0 Å². The summed E-state index contributed by atoms with van der Waals surface area (Å²) >= 11 is 0. The second kappa shape index (κ2) is 5.20. The van der Waals surface area contributed by atoms with Crippen LogP contribution in [0.2, 0.25) is 0 Å². The molecule has 21 heavy (non-hydrogen) atoms. The minimum atomic E-state index is -1.65. The van der Waals surface area contributed by atoms with Crippen LogP contribution in [-0.4, -0.2) is 25.3 Å². The van der Waals surface area contributed by atoms with Crippen LogP contribution in [0.5, 0.6) is 11.5 Å². The summed E-state index contributed by atoms with van der Waals surface area (Å²) in [5.74, 6) is -0.194. The summed E-state index contributed by atoms with van der Waals surface area (Å²) in [5.41, 5.74) is -1.69. The monoisotopic (exact) mass is 296 g/mol. The predicted molar refractivity (Wildman–Crippen MR) is 76.8 cm³/mol. The largest absolute Gasteiger partial charge is 0.493 e. The molecule has 0 saturated heterocycles. The van der Waals surface area contributed by atoms with E-state index in [1.54, 1.807) is 12.1 Å². The topological polar surface area (TPSA) is 55.8 Å². The third-order valence-electron chi connectivity index (χ3n) is 4.29. The van der Waals surface area contributed by atoms with Gasteiger partial charge in [-0.3, -0.25) is 4.79 Å². The molecule has 5 heteroatoms. The quantitative estimate of drug-likeness (QED) is 0.904. The van der Waals surface area contributed by atoms with Gasteiger partial charge in [-0.05, 0) is 44.4 Å². The molecule has 1 aromatic rings. The molecule has 116 valence electrons. The highest BCUT2D eigenvalue weighted by Gasteiger charge is 2.47. The van der Waals surface area contributed by atoms with E-state index in [1.807, 2.05) is 0 Å². The van der Waals surface area contributed by atoms with Gasteiger partial charge in [0.1, 0.15) is 5.67 Å². The van der Waals surface area contributed by atoms with Gasteiger partial charge in [0.05, 0.1) is 19.6 Å². The Hall–Kier alpha value is -1.78. The van der Waals surface area contributed by atoms with E-state index in [0.717, 1.165) is 6.42 Å². The Balaban J connectivity index is 2.67. The van der Waals surface area contributed by atoms with Gasteiger partial charge in [-0.25, -0.2) is 4.39 Å². The van der Waals surface area contributed by atoms with E-state index in [-0.39, 0.29) is 0 Å². The molecule has 0 aliphatic heterocycles. The molecule has 0 unspecified atom stereocenters. The number of carboxylic acids is 1. The van der Waals surface area contributed by atoms with Crippen LogP contribution in [-0.2, 0) is 15.9 Å². The van der Waals surface area contributed by atoms with Crippen molar-refractivity contribution in [3.63, 3.8) is 0 Å². The summed E-state index contributed by atoms with van der Waals surface area (Å²) in [7, 11) is 2.91. The first kappa shape index (κ1) is 15.6. The number of benzene rings is 1. The van der Waals surface area contributed by atoms with Gasteiger partial charge in [0.25, 0.3) is 0 Å². The highest BCUT2D eigenvalue weighted by atomic mass is 19.1. The normalized spacial score (nSPS) is 17.0. The molecule has 0 bridgehead atoms. The third-order valence-corrected chi connectivity index (χ3v) is 4.29. The maximum absolute atomic E-state index is 14.5. The number of rotatable bonds is 5. The fourth-order valence-electron chi connectivity index (χ4n) is 2.84. The molecule has 1 N–H and O–H groups in total. The first-order valence-electron chi connectivity index (χ1n) is 6.95. The molecule has 0 amide bonds. The van der Waals surface area contributed by atoms with Crippen molar-refractivity contribution in [3.8, 4) is 11.5 Å². The molecule has 1 aromatic carbocycles. The minimum absolute atomic E-state index is 0.312. The molecule has 1 aliphatic carbocycles. The Labute approximate surface area is 123 Å². The van der Waals surface area contributed by atoms with E-state index in [0.29, 0.717) is 35.5 Å². The molecular formula is C16H21FO4. The van der Waals surface area contributed by atoms with Gasteiger partial charge >= 0.3 is 5.97 Å². The second-order valence-electron chi connectivity index (χ2n) is 5.97. The Morgan fingerprint density at radius 1 is 1.29 bits per heavy atom. The Kier molecular flexibility index (Phi) is 3.87. The van der Waals surface area contributed by atoms with Crippen molar-refractivity contribution in [2.45, 2.75) is 44.2 Å². The molecule has 0 radical (unpaired) electrons. The average Bonchev–Trinajstić information content (AvgIpc) is 2.34. The van der Waals surface area contributed by atoms with Crippen LogP contribution in [0.15, 0.2) is 12.1 Å². The number of carboxylic acid groups (broad SMARTS) is 1. The lowest BCUT2D eigenvalue weighted by Gasteiger charge is -2.39. The van der Waals surface area contributed by atoms with E-state index in [4.69, 9.17) is 9.47 Å². The molecular weight excluding hydrogens is 275 g/mol. The van der Waals surface area contributed by atoms with Gasteiger partial charge in [-0.1, -0.05) is 6.42 Å². The van der Waals surface area contributed by atoms with Gasteiger partial charge in [-0.2, -0.15) is 0 Å². The van der Waals surface area contributed by atoms with Crippen molar-refractivity contribution in [3.05, 3.63) is 23.3 Å². The number of halogens is 1. The number of ether oxygens (including phenoxy) is 2. The lowest BCUT2D eigenvalue weighted by molar-refractivity contribution is -0.147. The second-order valence-corrected chi connectivity index (χ2v) is 5.97. The summed E-state index contributed by atoms with van der Waals surface area (Å²) in [6.45, 7) is 2.84. The highest BCUT2D eigenvalue weighted by molar-refractivity contribution is 5.83. The number of methoxy groups -OCH3 is 2. The zero-order valence-electron chi connectivity index (χ0n) is 12.8. The van der Waals surface area contributed by atoms with E-state index >= 15 is 0 Å². The number of alkyl halides is 1. The number of hydrogen-bond acceptors (Lipinski definition) is 3. The maximum atomic E-state index is 14.5. The minimum Gasteiger partial charge on any atom is -0.493 e. The molecule has 0 atom stereocenters. The maximum Gasteiger partial charge on any atom is 0.314 e. The van der Waals surface area contributed by atoms with Crippen LogP contribution in [0.1, 0.15) is 44.2 Å². The Morgan fingerprint density at radius 3 is 2.24 bits per heavy atom. The average molecular weight is 296 g/mol. The molecule has 0 spiro atoms. The molecule has 1 saturated carbocycles. The highest BCUT2D eigenvalue weighted by Crippen LogP contribution is 2.49. The van der Waals surface area contributed by atoms with E-state index in [1.165, 1.54) is 28.1 Å². The summed E-state index contributed by atoms with van der Waals surface area (Å²) in [6, 6.07) is 3.26. The van der Waals surface area contributed by atoms with Crippen LogP contribution < -0.4 is 9.47 Å². The Morgan fingerprint density at radius 2 is 1.90 bits per heavy atom. The third kappa shape index (κ3) is 2.45. The smallest absolute Gasteiger partial charge is 0.314 e. The van der Waals surface area contributed by atoms with Crippen LogP contribution >= 0.6 is 0 Å². The first-order valence-corrected chi connectivity index (χ1v) is 6.95. The van der Waals surface area contributed by atoms with Crippen LogP contribution in [0.3, 0.4) is 0 Å². The van der Waals surface area contributed by atoms with E-state index in [9.17, 15) is 14.3 Å². The van der Waals surface area contributed by atoms with E-state index < -0.39 is 17.1 Å². The molecule has 4 nitrogen and oxygen atoms in total. The molecule has 1 aliphatic rings. The van der Waals surface area contributed by atoms with Crippen molar-refractivity contribution in [1.82, 2.24) is 0 Å². The van der Waals surface area contributed by atoms with Gasteiger partial charge < -0.3 is 14.6 Å². The molecule has 2 rings (SSSR count). The lowest BCUT2D eigenvalue weighted by Crippen LogP contribution is -2.42. The van der Waals surface area contributed by atoms with Crippen molar-refractivity contribution in [2.75, 3.05) is 14.2 Å². The molecule has 0 aromatic heterocycles. The molecule has 0 heterocycles. The zero-order chi connectivity index (χ0) is 15.8. The zero-order valence-corrected chi connectivity index (χ0v) is 12.8. The van der Waals surface area contributed by atoms with Crippen LogP contribution in [0, 0.1) is 0 Å². The van der Waals surface area contributed by atoms with Crippen LogP contribution in [0.25, 0.3) is 0 Å². The summed E-state index contributed by atoms with van der Waals surface area (Å²) in [4.78, 5) is 11.7. The summed E-state index contributed by atoms with van der Waals surface area (Å²) in [6.07, 6.45) is 1.98. The van der Waals surface area contributed by atoms with Gasteiger partial charge in [0.15, 0.2) is 11.5 Å². The van der Waals surface area contributed by atoms with Gasteiger partial charge in [0, 0.05) is 5.56 Å². The Bertz CT molecular complexity index is 556. The summed E-state index contributed by atoms with van der Waals surface area (Å²) < 4.78 is 25.0.